The van der Waals surface area contributed by atoms with Gasteiger partial charge >= 0.3 is 6.18 Å². The van der Waals surface area contributed by atoms with Crippen molar-refractivity contribution < 1.29 is 18.0 Å². The Bertz CT molecular complexity index is 2070. The number of pyridine rings is 1. The number of anilines is 1. The summed E-state index contributed by atoms with van der Waals surface area (Å²) in [5.74, 6) is -0.563. The van der Waals surface area contributed by atoms with Crippen molar-refractivity contribution in [1.82, 2.24) is 29.5 Å². The molecule has 6 rings (SSSR count). The first-order valence-electron chi connectivity index (χ1n) is 14.2. The van der Waals surface area contributed by atoms with Gasteiger partial charge in [-0.15, -0.1) is 5.10 Å². The Morgan fingerprint density at radius 1 is 1.07 bits per heavy atom. The van der Waals surface area contributed by atoms with Crippen LogP contribution >= 0.6 is 11.6 Å². The van der Waals surface area contributed by atoms with Gasteiger partial charge in [0, 0.05) is 34.3 Å². The van der Waals surface area contributed by atoms with E-state index in [1.807, 2.05) is 31.2 Å². The number of nitriles is 1. The van der Waals surface area contributed by atoms with Gasteiger partial charge in [0.05, 0.1) is 46.9 Å². The molecule has 0 aliphatic carbocycles. The molecule has 5 aromatic rings. The van der Waals surface area contributed by atoms with Gasteiger partial charge in [0.1, 0.15) is 6.07 Å². The number of halogens is 4. The lowest BCUT2D eigenvalue weighted by Crippen LogP contribution is -2.26. The van der Waals surface area contributed by atoms with Crippen LogP contribution in [0.3, 0.4) is 0 Å². The first-order chi connectivity index (χ1) is 22.0. The molecule has 2 bridgehead atoms. The lowest BCUT2D eigenvalue weighted by Gasteiger charge is -2.23. The van der Waals surface area contributed by atoms with Gasteiger partial charge in [0.2, 0.25) is 5.91 Å². The van der Waals surface area contributed by atoms with Gasteiger partial charge in [0.15, 0.2) is 5.69 Å². The Morgan fingerprint density at radius 2 is 1.89 bits per heavy atom. The number of fused-ring (bicyclic) bond motifs is 4. The lowest BCUT2D eigenvalue weighted by atomic mass is 9.93. The minimum atomic E-state index is -4.69. The highest BCUT2D eigenvalue weighted by atomic mass is 35.5. The maximum absolute atomic E-state index is 13.7. The predicted molar refractivity (Wildman–Crippen MR) is 163 cm³/mol. The van der Waals surface area contributed by atoms with E-state index in [2.05, 4.69) is 31.7 Å². The van der Waals surface area contributed by atoms with Crippen LogP contribution in [-0.2, 0) is 11.0 Å². The summed E-state index contributed by atoms with van der Waals surface area (Å²) in [6.45, 7) is 1.81. The summed E-state index contributed by atoms with van der Waals surface area (Å²) in [6.07, 6.45) is 0.548. The van der Waals surface area contributed by atoms with Gasteiger partial charge in [-0.25, -0.2) is 9.67 Å². The minimum absolute atomic E-state index is 0.182. The lowest BCUT2D eigenvalue weighted by molar-refractivity contribution is -0.141. The maximum atomic E-state index is 13.7. The van der Waals surface area contributed by atoms with E-state index < -0.39 is 23.5 Å². The molecule has 0 unspecified atom stereocenters. The number of aromatic nitrogens is 6. The summed E-state index contributed by atoms with van der Waals surface area (Å²) >= 11 is 6.24. The fourth-order valence-corrected chi connectivity index (χ4v) is 5.60. The number of rotatable bonds is 3. The van der Waals surface area contributed by atoms with Crippen molar-refractivity contribution in [2.45, 2.75) is 38.4 Å². The molecule has 1 aliphatic heterocycles. The molecule has 14 heteroatoms. The Morgan fingerprint density at radius 3 is 2.63 bits per heavy atom. The third kappa shape index (κ3) is 6.12. The quantitative estimate of drug-likeness (QED) is 0.239. The number of nitrogens with zero attached hydrogens (tertiary/aromatic N) is 7. The molecule has 46 heavy (non-hydrogen) atoms. The molecule has 232 valence electrons. The highest BCUT2D eigenvalue weighted by Gasteiger charge is 2.35. The van der Waals surface area contributed by atoms with Crippen LogP contribution in [0.15, 0.2) is 78.1 Å². The second-order valence-corrected chi connectivity index (χ2v) is 11.4. The predicted octanol–water partition coefficient (Wildman–Crippen LogP) is 6.44. The molecular weight excluding hydrogens is 621 g/mol. The number of amides is 1. The summed E-state index contributed by atoms with van der Waals surface area (Å²) in [6, 6.07) is 16.4. The topological polar surface area (TPSA) is 131 Å². The normalized spacial score (nSPS) is 16.8. The summed E-state index contributed by atoms with van der Waals surface area (Å²) < 4.78 is 42.1. The van der Waals surface area contributed by atoms with Crippen molar-refractivity contribution in [1.29, 1.82) is 5.26 Å². The van der Waals surface area contributed by atoms with Gasteiger partial charge < -0.3 is 5.32 Å². The monoisotopic (exact) mass is 644 g/mol. The van der Waals surface area contributed by atoms with Crippen molar-refractivity contribution in [3.63, 3.8) is 0 Å². The van der Waals surface area contributed by atoms with E-state index >= 15 is 0 Å². The molecule has 0 spiro atoms. The Labute approximate surface area is 265 Å². The largest absolute Gasteiger partial charge is 0.436 e. The van der Waals surface area contributed by atoms with Gasteiger partial charge in [-0.05, 0) is 48.7 Å². The highest BCUT2D eigenvalue weighted by Crippen LogP contribution is 2.34. The van der Waals surface area contributed by atoms with E-state index in [9.17, 15) is 28.0 Å². The van der Waals surface area contributed by atoms with E-state index in [0.29, 0.717) is 41.8 Å². The van der Waals surface area contributed by atoms with Crippen LogP contribution in [0.1, 0.15) is 49.0 Å². The Hall–Kier alpha value is -5.35. The fraction of sp³-hybridized carbons (Fsp3) is 0.219. The van der Waals surface area contributed by atoms with Gasteiger partial charge in [0.25, 0.3) is 5.56 Å². The number of hydrogen-bond donors (Lipinski definition) is 1. The summed E-state index contributed by atoms with van der Waals surface area (Å²) in [4.78, 5) is 35.8. The molecule has 1 aliphatic rings. The van der Waals surface area contributed by atoms with Crippen LogP contribution in [0, 0.1) is 17.2 Å². The fourth-order valence-electron chi connectivity index (χ4n) is 5.43. The molecule has 2 aromatic carbocycles. The van der Waals surface area contributed by atoms with E-state index in [4.69, 9.17) is 11.6 Å². The third-order valence-electron chi connectivity index (χ3n) is 7.82. The summed E-state index contributed by atoms with van der Waals surface area (Å²) in [5, 5.41) is 19.5. The molecule has 1 amide bonds. The van der Waals surface area contributed by atoms with Crippen LogP contribution in [0.25, 0.3) is 28.2 Å². The van der Waals surface area contributed by atoms with E-state index in [1.54, 1.807) is 6.07 Å². The van der Waals surface area contributed by atoms with E-state index in [1.165, 1.54) is 41.4 Å². The average Bonchev–Trinajstić information content (AvgIpc) is 3.54. The van der Waals surface area contributed by atoms with E-state index in [0.717, 1.165) is 16.4 Å². The van der Waals surface area contributed by atoms with Gasteiger partial charge in [-0.2, -0.15) is 18.4 Å². The molecule has 0 saturated carbocycles. The van der Waals surface area contributed by atoms with Crippen LogP contribution in [0.2, 0.25) is 5.02 Å². The van der Waals surface area contributed by atoms with Crippen molar-refractivity contribution in [2.75, 3.05) is 5.32 Å². The minimum Gasteiger partial charge on any atom is -0.324 e. The van der Waals surface area contributed by atoms with Crippen LogP contribution in [0.5, 0.6) is 0 Å². The zero-order valence-corrected chi connectivity index (χ0v) is 24.9. The molecule has 2 atom stereocenters. The zero-order valence-electron chi connectivity index (χ0n) is 24.2. The average molecular weight is 645 g/mol. The number of nitrogens with one attached hydrogen (secondary N) is 1. The molecule has 1 N–H and O–H groups in total. The van der Waals surface area contributed by atoms with Crippen LogP contribution in [-0.4, -0.2) is 35.4 Å². The zero-order chi connectivity index (χ0) is 32.6. The number of benzene rings is 2. The van der Waals surface area contributed by atoms with Crippen molar-refractivity contribution in [2.24, 2.45) is 5.92 Å². The molecule has 0 fully saturated rings. The van der Waals surface area contributed by atoms with Crippen molar-refractivity contribution in [3.8, 4) is 34.3 Å². The maximum Gasteiger partial charge on any atom is 0.436 e. The van der Waals surface area contributed by atoms with Crippen LogP contribution < -0.4 is 10.9 Å². The molecule has 3 aromatic heterocycles. The standard InChI is InChI=1S/C32H24ClF3N8O2/c1-18-4-2-7-26(20-5-3-6-21(11-20)30-25(40-31(18)46)10-19(14-37)15-38-30)43-17-39-24(13-29(43)45)23-12-22(33)8-9-27(23)44-16-28(41-42-44)32(34,35)36/h3,5-6,8-13,15-18,26H,2,4,7H2,1H3,(H,40,46)/t18-,26+/m1/s1. The SMILES string of the molecule is C[C@@H]1CCC[C@H](n2cnc(-c3cc(Cl)ccc3-n3cc(C(F)(F)F)nn3)cc2=O)c2cccc(c2)-c2ncc(C#N)cc2NC1=O. The van der Waals surface area contributed by atoms with Gasteiger partial charge in [-0.3, -0.25) is 19.1 Å². The number of alkyl halides is 3. The first kappa shape index (κ1) is 30.7. The van der Waals surface area contributed by atoms with E-state index in [-0.39, 0.29) is 33.8 Å². The second kappa shape index (κ2) is 12.2. The molecule has 0 saturated heterocycles. The smallest absolute Gasteiger partial charge is 0.324 e. The Balaban J connectivity index is 1.42. The number of carbonyl (C=O) groups excluding carboxylic acids is 1. The third-order valence-corrected chi connectivity index (χ3v) is 8.05. The molecular formula is C32H24ClF3N8O2. The van der Waals surface area contributed by atoms with Gasteiger partial charge in [-0.1, -0.05) is 48.4 Å². The highest BCUT2D eigenvalue weighted by molar-refractivity contribution is 6.31. The molecule has 10 nitrogen and oxygen atoms in total. The molecule has 4 heterocycles. The summed E-state index contributed by atoms with van der Waals surface area (Å²) in [7, 11) is 0. The second-order valence-electron chi connectivity index (χ2n) is 10.9. The number of hydrogen-bond acceptors (Lipinski definition) is 7. The first-order valence-corrected chi connectivity index (χ1v) is 14.6. The van der Waals surface area contributed by atoms with Crippen LogP contribution in [0.4, 0.5) is 18.9 Å². The molecule has 0 radical (unpaired) electrons. The van der Waals surface area contributed by atoms with Crippen molar-refractivity contribution in [3.05, 3.63) is 106 Å². The van der Waals surface area contributed by atoms with Crippen molar-refractivity contribution >= 4 is 23.2 Å². The summed E-state index contributed by atoms with van der Waals surface area (Å²) in [5.41, 5.74) is 1.78. The Kier molecular flexibility index (Phi) is 8.14. The number of carbonyl (C=O) groups is 1.